The van der Waals surface area contributed by atoms with Crippen LogP contribution < -0.4 is 10.1 Å². The summed E-state index contributed by atoms with van der Waals surface area (Å²) in [5.41, 5.74) is 1.85. The number of aryl methyl sites for hydroxylation is 1. The number of carbonyl (C=O) groups is 1. The van der Waals surface area contributed by atoms with Gasteiger partial charge in [0.15, 0.2) is 5.82 Å². The van der Waals surface area contributed by atoms with Crippen LogP contribution in [0.2, 0.25) is 0 Å². The van der Waals surface area contributed by atoms with Crippen molar-refractivity contribution in [3.63, 3.8) is 0 Å². The maximum Gasteiger partial charge on any atom is 0.274 e. The molecule has 4 aromatic rings. The molecule has 2 N–H and O–H groups in total. The second kappa shape index (κ2) is 8.26. The number of aromatic nitrogens is 5. The molecule has 0 saturated carbocycles. The molecule has 0 radical (unpaired) electrons. The first kappa shape index (κ1) is 17.6. The molecular weight excluding hydrogens is 356 g/mol. The molecule has 0 unspecified atom stereocenters. The van der Waals surface area contributed by atoms with Gasteiger partial charge in [-0.05, 0) is 42.8 Å². The molecule has 4 rings (SSSR count). The van der Waals surface area contributed by atoms with Gasteiger partial charge in [0, 0.05) is 17.5 Å². The van der Waals surface area contributed by atoms with E-state index in [4.69, 9.17) is 4.74 Å². The van der Waals surface area contributed by atoms with Gasteiger partial charge in [0.05, 0.1) is 12.1 Å². The molecule has 8 nitrogen and oxygen atoms in total. The Bertz CT molecular complexity index is 1060. The largest absolute Gasteiger partial charge is 0.494 e. The summed E-state index contributed by atoms with van der Waals surface area (Å²) in [5, 5.41) is 17.6. The summed E-state index contributed by atoms with van der Waals surface area (Å²) in [6.07, 6.45) is 1.48. The molecule has 0 aliphatic heterocycles. The lowest BCUT2D eigenvalue weighted by molar-refractivity contribution is 0.102. The Morgan fingerprint density at radius 3 is 2.71 bits per heavy atom. The number of pyridine rings is 1. The molecule has 8 heteroatoms. The Labute approximate surface area is 161 Å². The van der Waals surface area contributed by atoms with E-state index in [1.54, 1.807) is 18.2 Å². The monoisotopic (exact) mass is 374 g/mol. The van der Waals surface area contributed by atoms with Gasteiger partial charge in [0.25, 0.3) is 5.91 Å². The third-order valence-electron chi connectivity index (χ3n) is 4.15. The number of fused-ring (bicyclic) bond motifs is 1. The highest BCUT2D eigenvalue weighted by atomic mass is 16.5. The predicted octanol–water partition coefficient (Wildman–Crippen LogP) is 3.01. The maximum absolute atomic E-state index is 12.4. The first-order valence-electron chi connectivity index (χ1n) is 8.90. The average molecular weight is 374 g/mol. The SMILES string of the molecule is O=C(Nc1ccc(OCCCc2nn[nH]n2)cc1)c1ccc2ccccc2n1. The molecule has 2 heterocycles. The van der Waals surface area contributed by atoms with Crippen LogP contribution in [-0.4, -0.2) is 38.1 Å². The minimum atomic E-state index is -0.250. The molecule has 0 spiro atoms. The fourth-order valence-corrected chi connectivity index (χ4v) is 2.73. The number of hydrogen-bond donors (Lipinski definition) is 2. The molecule has 1 amide bonds. The van der Waals surface area contributed by atoms with Crippen LogP contribution in [0.25, 0.3) is 10.9 Å². The molecule has 0 aliphatic carbocycles. The number of tetrazole rings is 1. The molecule has 0 saturated heterocycles. The zero-order valence-corrected chi connectivity index (χ0v) is 15.0. The lowest BCUT2D eigenvalue weighted by Crippen LogP contribution is -2.13. The Hall–Kier alpha value is -3.81. The Morgan fingerprint density at radius 1 is 1.04 bits per heavy atom. The summed E-state index contributed by atoms with van der Waals surface area (Å²) < 4.78 is 5.69. The summed E-state index contributed by atoms with van der Waals surface area (Å²) >= 11 is 0. The van der Waals surface area contributed by atoms with Gasteiger partial charge in [-0.25, -0.2) is 4.98 Å². The smallest absolute Gasteiger partial charge is 0.274 e. The van der Waals surface area contributed by atoms with Crippen molar-refractivity contribution in [1.29, 1.82) is 0 Å². The predicted molar refractivity (Wildman–Crippen MR) is 104 cm³/mol. The van der Waals surface area contributed by atoms with E-state index in [0.29, 0.717) is 30.2 Å². The van der Waals surface area contributed by atoms with Crippen molar-refractivity contribution in [2.24, 2.45) is 0 Å². The molecule has 140 valence electrons. The minimum Gasteiger partial charge on any atom is -0.494 e. The highest BCUT2D eigenvalue weighted by molar-refractivity contribution is 6.04. The number of para-hydroxylation sites is 1. The topological polar surface area (TPSA) is 106 Å². The summed E-state index contributed by atoms with van der Waals surface area (Å²) in [5.74, 6) is 1.15. The van der Waals surface area contributed by atoms with Crippen molar-refractivity contribution in [2.45, 2.75) is 12.8 Å². The quantitative estimate of drug-likeness (QED) is 0.482. The number of H-pyrrole nitrogens is 1. The number of rotatable bonds is 7. The molecule has 0 aliphatic rings. The van der Waals surface area contributed by atoms with Crippen molar-refractivity contribution in [3.8, 4) is 5.75 Å². The number of amides is 1. The standard InChI is InChI=1S/C20H18N6O2/c27-20(18-12-7-14-4-1-2-5-17(14)22-18)21-15-8-10-16(11-9-15)28-13-3-6-19-23-25-26-24-19/h1-2,4-5,7-12H,3,6,13H2,(H,21,27)(H,23,24,25,26). The Morgan fingerprint density at radius 2 is 1.89 bits per heavy atom. The second-order valence-corrected chi connectivity index (χ2v) is 6.15. The van der Waals surface area contributed by atoms with E-state index in [2.05, 4.69) is 30.9 Å². The van der Waals surface area contributed by atoms with Crippen LogP contribution in [0.1, 0.15) is 22.7 Å². The highest BCUT2D eigenvalue weighted by Crippen LogP contribution is 2.17. The second-order valence-electron chi connectivity index (χ2n) is 6.15. The third-order valence-corrected chi connectivity index (χ3v) is 4.15. The molecule has 0 atom stereocenters. The molecule has 0 fully saturated rings. The van der Waals surface area contributed by atoms with Gasteiger partial charge in [-0.3, -0.25) is 4.79 Å². The summed E-state index contributed by atoms with van der Waals surface area (Å²) in [4.78, 5) is 16.8. The molecule has 2 aromatic carbocycles. The average Bonchev–Trinajstić information content (AvgIpc) is 3.25. The molecular formula is C20H18N6O2. The van der Waals surface area contributed by atoms with Crippen molar-refractivity contribution >= 4 is 22.5 Å². The van der Waals surface area contributed by atoms with E-state index in [-0.39, 0.29) is 5.91 Å². The van der Waals surface area contributed by atoms with E-state index in [0.717, 1.165) is 23.1 Å². The van der Waals surface area contributed by atoms with Crippen LogP contribution in [0, 0.1) is 0 Å². The fraction of sp³-hybridized carbons (Fsp3) is 0.150. The summed E-state index contributed by atoms with van der Waals surface area (Å²) in [6, 6.07) is 18.5. The van der Waals surface area contributed by atoms with E-state index in [1.807, 2.05) is 42.5 Å². The van der Waals surface area contributed by atoms with Crippen LogP contribution in [0.3, 0.4) is 0 Å². The van der Waals surface area contributed by atoms with Gasteiger partial charge in [-0.2, -0.15) is 5.21 Å². The van der Waals surface area contributed by atoms with Crippen molar-refractivity contribution < 1.29 is 9.53 Å². The first-order valence-corrected chi connectivity index (χ1v) is 8.90. The number of anilines is 1. The van der Waals surface area contributed by atoms with Crippen LogP contribution in [0.4, 0.5) is 5.69 Å². The third kappa shape index (κ3) is 4.29. The van der Waals surface area contributed by atoms with Crippen LogP contribution in [-0.2, 0) is 6.42 Å². The summed E-state index contributed by atoms with van der Waals surface area (Å²) in [7, 11) is 0. The Kier molecular flexibility index (Phi) is 5.19. The number of aromatic amines is 1. The first-order chi connectivity index (χ1) is 13.8. The van der Waals surface area contributed by atoms with Gasteiger partial charge in [-0.1, -0.05) is 29.5 Å². The van der Waals surface area contributed by atoms with E-state index in [9.17, 15) is 4.79 Å². The van der Waals surface area contributed by atoms with Crippen molar-refractivity contribution in [2.75, 3.05) is 11.9 Å². The molecule has 0 bridgehead atoms. The minimum absolute atomic E-state index is 0.250. The normalized spacial score (nSPS) is 10.7. The number of nitrogens with one attached hydrogen (secondary N) is 2. The van der Waals surface area contributed by atoms with Crippen molar-refractivity contribution in [1.82, 2.24) is 25.6 Å². The van der Waals surface area contributed by atoms with Gasteiger partial charge < -0.3 is 10.1 Å². The van der Waals surface area contributed by atoms with E-state index in [1.165, 1.54) is 0 Å². The zero-order chi connectivity index (χ0) is 19.2. The number of benzene rings is 2. The number of nitrogens with zero attached hydrogens (tertiary/aromatic N) is 4. The number of ether oxygens (including phenoxy) is 1. The number of hydrogen-bond acceptors (Lipinski definition) is 6. The molecule has 2 aromatic heterocycles. The lowest BCUT2D eigenvalue weighted by Gasteiger charge is -2.08. The van der Waals surface area contributed by atoms with Gasteiger partial charge in [0.1, 0.15) is 11.4 Å². The molecule has 28 heavy (non-hydrogen) atoms. The number of carbonyl (C=O) groups excluding carboxylic acids is 1. The fourth-order valence-electron chi connectivity index (χ4n) is 2.73. The van der Waals surface area contributed by atoms with Gasteiger partial charge in [-0.15, -0.1) is 10.2 Å². The van der Waals surface area contributed by atoms with Crippen LogP contribution >= 0.6 is 0 Å². The highest BCUT2D eigenvalue weighted by Gasteiger charge is 2.09. The van der Waals surface area contributed by atoms with Gasteiger partial charge >= 0.3 is 0 Å². The van der Waals surface area contributed by atoms with Crippen LogP contribution in [0.5, 0.6) is 5.75 Å². The van der Waals surface area contributed by atoms with Crippen molar-refractivity contribution in [3.05, 3.63) is 72.2 Å². The van der Waals surface area contributed by atoms with Crippen LogP contribution in [0.15, 0.2) is 60.7 Å². The van der Waals surface area contributed by atoms with E-state index < -0.39 is 0 Å². The summed E-state index contributed by atoms with van der Waals surface area (Å²) in [6.45, 7) is 0.543. The lowest BCUT2D eigenvalue weighted by atomic mass is 10.2. The maximum atomic E-state index is 12.4. The Balaban J connectivity index is 1.31. The zero-order valence-electron chi connectivity index (χ0n) is 15.0. The van der Waals surface area contributed by atoms with Gasteiger partial charge in [0.2, 0.25) is 0 Å². The van der Waals surface area contributed by atoms with E-state index >= 15 is 0 Å².